The van der Waals surface area contributed by atoms with Crippen LogP contribution in [0.5, 0.6) is 0 Å². The Morgan fingerprint density at radius 3 is 2.64 bits per heavy atom. The smallest absolute Gasteiger partial charge is 0.243 e. The molecule has 0 rings (SSSR count). The van der Waals surface area contributed by atoms with Gasteiger partial charge in [0, 0.05) is 13.1 Å². The summed E-state index contributed by atoms with van der Waals surface area (Å²) in [5.74, 6) is 0.218. The summed E-state index contributed by atoms with van der Waals surface area (Å²) in [6.45, 7) is 4.49. The van der Waals surface area contributed by atoms with E-state index < -0.39 is 0 Å². The van der Waals surface area contributed by atoms with Crippen molar-refractivity contribution in [3.63, 3.8) is 0 Å². The Kier molecular flexibility index (Phi) is 4.54. The van der Waals surface area contributed by atoms with Gasteiger partial charge in [-0.05, 0) is 19.4 Å². The SMILES string of the molecule is CNC(=O)/C=C(/C)C(C)CN. The van der Waals surface area contributed by atoms with E-state index in [0.717, 1.165) is 5.57 Å². The monoisotopic (exact) mass is 156 g/mol. The fraction of sp³-hybridized carbons (Fsp3) is 0.625. The van der Waals surface area contributed by atoms with Gasteiger partial charge in [-0.15, -0.1) is 0 Å². The first-order valence-corrected chi connectivity index (χ1v) is 3.71. The molecular formula is C8H16N2O. The predicted molar refractivity (Wildman–Crippen MR) is 46.0 cm³/mol. The minimum atomic E-state index is -0.0669. The van der Waals surface area contributed by atoms with Gasteiger partial charge in [0.25, 0.3) is 0 Å². The molecule has 3 N–H and O–H groups in total. The van der Waals surface area contributed by atoms with Crippen molar-refractivity contribution in [2.24, 2.45) is 11.7 Å². The summed E-state index contributed by atoms with van der Waals surface area (Å²) in [7, 11) is 1.61. The molecule has 1 unspecified atom stereocenters. The van der Waals surface area contributed by atoms with E-state index in [-0.39, 0.29) is 11.8 Å². The zero-order chi connectivity index (χ0) is 8.85. The molecule has 0 aromatic rings. The Morgan fingerprint density at radius 1 is 1.73 bits per heavy atom. The van der Waals surface area contributed by atoms with Gasteiger partial charge in [0.2, 0.25) is 5.91 Å². The van der Waals surface area contributed by atoms with E-state index in [1.165, 1.54) is 0 Å². The maximum atomic E-state index is 10.8. The molecule has 1 atom stereocenters. The Labute approximate surface area is 67.7 Å². The van der Waals surface area contributed by atoms with Crippen LogP contribution < -0.4 is 11.1 Å². The summed E-state index contributed by atoms with van der Waals surface area (Å²) in [5, 5.41) is 2.52. The van der Waals surface area contributed by atoms with Crippen molar-refractivity contribution >= 4 is 5.91 Å². The van der Waals surface area contributed by atoms with Gasteiger partial charge in [0.15, 0.2) is 0 Å². The van der Waals surface area contributed by atoms with Crippen LogP contribution in [-0.4, -0.2) is 19.5 Å². The van der Waals surface area contributed by atoms with Crippen LogP contribution in [0, 0.1) is 5.92 Å². The number of nitrogens with one attached hydrogen (secondary N) is 1. The zero-order valence-electron chi connectivity index (χ0n) is 7.35. The number of nitrogens with two attached hydrogens (primary N) is 1. The van der Waals surface area contributed by atoms with E-state index in [2.05, 4.69) is 5.32 Å². The van der Waals surface area contributed by atoms with Crippen LogP contribution in [0.2, 0.25) is 0 Å². The Balaban J connectivity index is 4.09. The van der Waals surface area contributed by atoms with Gasteiger partial charge in [-0.25, -0.2) is 0 Å². The van der Waals surface area contributed by atoms with E-state index in [1.807, 2.05) is 13.8 Å². The number of hydrogen-bond donors (Lipinski definition) is 2. The van der Waals surface area contributed by atoms with Crippen LogP contribution in [0.15, 0.2) is 11.6 Å². The fourth-order valence-electron chi connectivity index (χ4n) is 0.607. The normalized spacial score (nSPS) is 14.4. The molecule has 0 bridgehead atoms. The molecule has 0 aromatic heterocycles. The number of amides is 1. The lowest BCUT2D eigenvalue weighted by Gasteiger charge is -2.07. The molecule has 0 heterocycles. The molecule has 3 heteroatoms. The lowest BCUT2D eigenvalue weighted by molar-refractivity contribution is -0.116. The van der Waals surface area contributed by atoms with Crippen molar-refractivity contribution in [2.45, 2.75) is 13.8 Å². The van der Waals surface area contributed by atoms with E-state index in [0.29, 0.717) is 6.54 Å². The van der Waals surface area contributed by atoms with Gasteiger partial charge >= 0.3 is 0 Å². The maximum absolute atomic E-state index is 10.8. The van der Waals surface area contributed by atoms with Gasteiger partial charge in [-0.2, -0.15) is 0 Å². The Morgan fingerprint density at radius 2 is 2.27 bits per heavy atom. The van der Waals surface area contributed by atoms with Gasteiger partial charge in [0.1, 0.15) is 0 Å². The molecule has 0 spiro atoms. The third kappa shape index (κ3) is 3.78. The summed E-state index contributed by atoms with van der Waals surface area (Å²) < 4.78 is 0. The highest BCUT2D eigenvalue weighted by Crippen LogP contribution is 2.06. The molecule has 11 heavy (non-hydrogen) atoms. The first-order chi connectivity index (χ1) is 5.11. The zero-order valence-corrected chi connectivity index (χ0v) is 7.35. The average molecular weight is 156 g/mol. The number of carbonyl (C=O) groups excluding carboxylic acids is 1. The van der Waals surface area contributed by atoms with Crippen molar-refractivity contribution in [1.82, 2.24) is 5.32 Å². The largest absolute Gasteiger partial charge is 0.356 e. The molecule has 0 saturated heterocycles. The second-order valence-corrected chi connectivity index (χ2v) is 2.64. The predicted octanol–water partition coefficient (Wildman–Crippen LogP) is 0.273. The van der Waals surface area contributed by atoms with Crippen LogP contribution in [0.3, 0.4) is 0 Å². The van der Waals surface area contributed by atoms with Crippen LogP contribution in [0.25, 0.3) is 0 Å². The summed E-state index contributed by atoms with van der Waals surface area (Å²) in [5.41, 5.74) is 6.44. The van der Waals surface area contributed by atoms with Gasteiger partial charge in [-0.1, -0.05) is 12.5 Å². The number of carbonyl (C=O) groups is 1. The van der Waals surface area contributed by atoms with Crippen molar-refractivity contribution in [2.75, 3.05) is 13.6 Å². The molecule has 0 saturated carbocycles. The average Bonchev–Trinajstić information content (AvgIpc) is 2.02. The molecule has 0 aromatic carbocycles. The van der Waals surface area contributed by atoms with E-state index >= 15 is 0 Å². The lowest BCUT2D eigenvalue weighted by Crippen LogP contribution is -2.18. The quantitative estimate of drug-likeness (QED) is 0.576. The van der Waals surface area contributed by atoms with Crippen molar-refractivity contribution in [3.8, 4) is 0 Å². The van der Waals surface area contributed by atoms with Crippen LogP contribution in [0.1, 0.15) is 13.8 Å². The fourth-order valence-corrected chi connectivity index (χ4v) is 0.607. The first-order valence-electron chi connectivity index (χ1n) is 3.71. The van der Waals surface area contributed by atoms with Crippen LogP contribution in [-0.2, 0) is 4.79 Å². The molecule has 0 aliphatic carbocycles. The number of likely N-dealkylation sites (N-methyl/N-ethyl adjacent to an activating group) is 1. The van der Waals surface area contributed by atoms with Gasteiger partial charge < -0.3 is 11.1 Å². The van der Waals surface area contributed by atoms with Crippen molar-refractivity contribution < 1.29 is 4.79 Å². The molecule has 3 nitrogen and oxygen atoms in total. The highest BCUT2D eigenvalue weighted by Gasteiger charge is 2.02. The molecule has 0 fully saturated rings. The highest BCUT2D eigenvalue weighted by atomic mass is 16.1. The summed E-state index contributed by atoms with van der Waals surface area (Å²) in [4.78, 5) is 10.8. The van der Waals surface area contributed by atoms with E-state index in [9.17, 15) is 4.79 Å². The lowest BCUT2D eigenvalue weighted by atomic mass is 10.0. The summed E-state index contributed by atoms with van der Waals surface area (Å²) in [6.07, 6.45) is 1.58. The van der Waals surface area contributed by atoms with E-state index in [1.54, 1.807) is 13.1 Å². The Hall–Kier alpha value is -0.830. The first kappa shape index (κ1) is 10.2. The second-order valence-electron chi connectivity index (χ2n) is 2.64. The summed E-state index contributed by atoms with van der Waals surface area (Å²) in [6, 6.07) is 0. The van der Waals surface area contributed by atoms with Gasteiger partial charge in [-0.3, -0.25) is 4.79 Å². The van der Waals surface area contributed by atoms with Crippen molar-refractivity contribution in [1.29, 1.82) is 0 Å². The van der Waals surface area contributed by atoms with Crippen LogP contribution >= 0.6 is 0 Å². The molecule has 0 radical (unpaired) electrons. The minimum absolute atomic E-state index is 0.0669. The molecule has 0 aliphatic rings. The molecule has 0 aliphatic heterocycles. The number of rotatable bonds is 3. The third-order valence-corrected chi connectivity index (χ3v) is 1.74. The molecular weight excluding hydrogens is 140 g/mol. The third-order valence-electron chi connectivity index (χ3n) is 1.74. The van der Waals surface area contributed by atoms with E-state index in [4.69, 9.17) is 5.73 Å². The summed E-state index contributed by atoms with van der Waals surface area (Å²) >= 11 is 0. The second kappa shape index (κ2) is 4.91. The Bertz CT molecular complexity index is 163. The highest BCUT2D eigenvalue weighted by molar-refractivity contribution is 5.87. The topological polar surface area (TPSA) is 55.1 Å². The standard InChI is InChI=1S/C8H16N2O/c1-6(7(2)5-9)4-8(11)10-3/h4,7H,5,9H2,1-3H3,(H,10,11)/b6-4-. The van der Waals surface area contributed by atoms with Crippen molar-refractivity contribution in [3.05, 3.63) is 11.6 Å². The maximum Gasteiger partial charge on any atom is 0.243 e. The minimum Gasteiger partial charge on any atom is -0.356 e. The van der Waals surface area contributed by atoms with Gasteiger partial charge in [0.05, 0.1) is 0 Å². The molecule has 64 valence electrons. The molecule has 1 amide bonds. The number of hydrogen-bond acceptors (Lipinski definition) is 2. The van der Waals surface area contributed by atoms with Crippen LogP contribution in [0.4, 0.5) is 0 Å².